The molecule has 1 aromatic heterocycles. The third-order valence-electron chi connectivity index (χ3n) is 6.16. The number of rotatable bonds is 6. The molecule has 1 aliphatic carbocycles. The van der Waals surface area contributed by atoms with Crippen LogP contribution in [0.2, 0.25) is 0 Å². The van der Waals surface area contributed by atoms with E-state index < -0.39 is 15.7 Å². The Morgan fingerprint density at radius 2 is 1.78 bits per heavy atom. The molecule has 0 aliphatic heterocycles. The molecule has 0 saturated heterocycles. The number of nitrogens with zero attached hydrogens (tertiary/aromatic N) is 2. The first-order valence-corrected chi connectivity index (χ1v) is 13.3. The number of hydrogen-bond donors (Lipinski definition) is 1. The summed E-state index contributed by atoms with van der Waals surface area (Å²) in [5.74, 6) is -0.548. The Morgan fingerprint density at radius 1 is 1.05 bits per heavy atom. The minimum atomic E-state index is -3.30. The molecule has 0 unspecified atom stereocenters. The summed E-state index contributed by atoms with van der Waals surface area (Å²) in [5, 5.41) is 6.65. The number of allylic oxidation sites excluding steroid dienone is 2. The first kappa shape index (κ1) is 24.3. The molecule has 0 spiro atoms. The van der Waals surface area contributed by atoms with Crippen molar-refractivity contribution in [1.82, 2.24) is 5.27 Å². The quantitative estimate of drug-likeness (QED) is 0.370. The van der Waals surface area contributed by atoms with E-state index in [1.165, 1.54) is 16.8 Å². The van der Waals surface area contributed by atoms with Crippen LogP contribution in [0.3, 0.4) is 0 Å². The maximum Gasteiger partial charge on any atom is 0.302 e. The molecular weight excluding hydrogens is 493 g/mol. The van der Waals surface area contributed by atoms with Crippen molar-refractivity contribution in [2.45, 2.75) is 18.2 Å². The summed E-state index contributed by atoms with van der Waals surface area (Å²) in [4.78, 5) is 13.2. The maximum atomic E-state index is 14.2. The predicted octanol–water partition coefficient (Wildman–Crippen LogP) is 4.85. The number of aromatic nitrogens is 2. The number of sulfone groups is 1. The van der Waals surface area contributed by atoms with E-state index >= 15 is 0 Å². The average molecular weight is 517 g/mol. The van der Waals surface area contributed by atoms with Gasteiger partial charge in [0.15, 0.2) is 9.84 Å². The fourth-order valence-electron chi connectivity index (χ4n) is 4.31. The summed E-state index contributed by atoms with van der Waals surface area (Å²) in [6.07, 6.45) is 4.63. The minimum absolute atomic E-state index is 0.00131. The van der Waals surface area contributed by atoms with E-state index in [1.54, 1.807) is 36.5 Å². The summed E-state index contributed by atoms with van der Waals surface area (Å²) in [7, 11) is -3.30. The normalized spacial score (nSPS) is 14.2. The van der Waals surface area contributed by atoms with Gasteiger partial charge in [-0.3, -0.25) is 14.6 Å². The highest BCUT2D eigenvalue weighted by Gasteiger charge is 2.27. The SMILES string of the molecule is CC1=C(CC(=O)Nc2c[n+](-c3ccccc3)no2)c2cc(F)ccc2/C1=C\c1ccc(S(C)(=O)=O)cc1. The third-order valence-corrected chi connectivity index (χ3v) is 7.29. The van der Waals surface area contributed by atoms with Gasteiger partial charge in [0.2, 0.25) is 16.9 Å². The number of para-hydroxylation sites is 1. The second-order valence-electron chi connectivity index (χ2n) is 8.76. The zero-order valence-corrected chi connectivity index (χ0v) is 20.9. The van der Waals surface area contributed by atoms with Gasteiger partial charge in [-0.25, -0.2) is 12.8 Å². The van der Waals surface area contributed by atoms with Crippen molar-refractivity contribution in [2.24, 2.45) is 0 Å². The summed E-state index contributed by atoms with van der Waals surface area (Å²) in [5.41, 5.74) is 5.38. The molecule has 0 bridgehead atoms. The van der Waals surface area contributed by atoms with Gasteiger partial charge in [-0.05, 0) is 75.4 Å². The lowest BCUT2D eigenvalue weighted by molar-refractivity contribution is -0.670. The van der Waals surface area contributed by atoms with E-state index in [9.17, 15) is 17.6 Å². The number of amides is 1. The van der Waals surface area contributed by atoms with Gasteiger partial charge in [0.25, 0.3) is 6.20 Å². The molecule has 0 atom stereocenters. The van der Waals surface area contributed by atoms with Gasteiger partial charge in [-0.2, -0.15) is 0 Å². The number of halogens is 1. The van der Waals surface area contributed by atoms with E-state index in [-0.39, 0.29) is 23.1 Å². The molecule has 1 N–H and O–H groups in total. The first-order chi connectivity index (χ1) is 17.7. The fraction of sp³-hybridized carbons (Fsp3) is 0.107. The topological polar surface area (TPSA) is 93.2 Å². The van der Waals surface area contributed by atoms with Crippen LogP contribution in [0.15, 0.2) is 94.0 Å². The lowest BCUT2D eigenvalue weighted by Crippen LogP contribution is -2.31. The molecule has 0 saturated carbocycles. The summed E-state index contributed by atoms with van der Waals surface area (Å²) in [6.45, 7) is 1.88. The highest BCUT2D eigenvalue weighted by atomic mass is 32.2. The average Bonchev–Trinajstić information content (AvgIpc) is 3.43. The third kappa shape index (κ3) is 5.12. The molecule has 1 aliphatic rings. The molecule has 37 heavy (non-hydrogen) atoms. The van der Waals surface area contributed by atoms with Crippen LogP contribution >= 0.6 is 0 Å². The monoisotopic (exact) mass is 516 g/mol. The number of benzene rings is 3. The molecule has 5 rings (SSSR count). The fourth-order valence-corrected chi connectivity index (χ4v) is 4.94. The van der Waals surface area contributed by atoms with Gasteiger partial charge >= 0.3 is 5.88 Å². The van der Waals surface area contributed by atoms with Gasteiger partial charge < -0.3 is 0 Å². The van der Waals surface area contributed by atoms with Crippen molar-refractivity contribution in [3.8, 4) is 5.69 Å². The standard InChI is InChI=1S/C28H22FN3O4S/c1-18-24(14-19-8-11-22(12-9-19)37(2,34)35)23-13-10-20(29)15-26(23)25(18)16-27(33)30-28-17-32(31-36-28)21-6-4-3-5-7-21/h3-15,17H,16H2,1-2H3/p+1/b24-14-. The smallest absolute Gasteiger partial charge is 0.289 e. The summed E-state index contributed by atoms with van der Waals surface area (Å²) in [6, 6.07) is 20.4. The van der Waals surface area contributed by atoms with Crippen LogP contribution in [0.4, 0.5) is 10.3 Å². The Kier molecular flexibility index (Phi) is 6.31. The van der Waals surface area contributed by atoms with E-state index in [4.69, 9.17) is 4.52 Å². The highest BCUT2D eigenvalue weighted by Crippen LogP contribution is 2.44. The first-order valence-electron chi connectivity index (χ1n) is 11.5. The molecule has 0 fully saturated rings. The van der Waals surface area contributed by atoms with Crippen LogP contribution in [0.25, 0.3) is 22.9 Å². The molecule has 1 heterocycles. The summed E-state index contributed by atoms with van der Waals surface area (Å²) < 4.78 is 44.5. The number of fused-ring (bicyclic) bond motifs is 1. The van der Waals surface area contributed by atoms with Crippen LogP contribution < -0.4 is 10.00 Å². The Labute approximate surface area is 213 Å². The van der Waals surface area contributed by atoms with Gasteiger partial charge in [0.1, 0.15) is 5.82 Å². The number of anilines is 1. The number of hydrogen-bond acceptors (Lipinski definition) is 5. The van der Waals surface area contributed by atoms with Crippen LogP contribution in [0, 0.1) is 5.82 Å². The molecule has 7 nitrogen and oxygen atoms in total. The lowest BCUT2D eigenvalue weighted by atomic mass is 10.0. The van der Waals surface area contributed by atoms with Gasteiger partial charge in [-0.15, -0.1) is 0 Å². The molecule has 186 valence electrons. The molecule has 9 heteroatoms. The Morgan fingerprint density at radius 3 is 2.49 bits per heavy atom. The lowest BCUT2D eigenvalue weighted by Gasteiger charge is -2.06. The second kappa shape index (κ2) is 9.59. The van der Waals surface area contributed by atoms with Crippen molar-refractivity contribution >= 4 is 38.9 Å². The predicted molar refractivity (Wildman–Crippen MR) is 138 cm³/mol. The largest absolute Gasteiger partial charge is 0.302 e. The summed E-state index contributed by atoms with van der Waals surface area (Å²) >= 11 is 0. The Bertz CT molecular complexity index is 1670. The van der Waals surface area contributed by atoms with Crippen molar-refractivity contribution in [2.75, 3.05) is 11.6 Å². The molecular formula is C28H23FN3O4S+. The van der Waals surface area contributed by atoms with Crippen molar-refractivity contribution in [3.63, 3.8) is 0 Å². The van der Waals surface area contributed by atoms with Crippen molar-refractivity contribution < 1.29 is 26.8 Å². The van der Waals surface area contributed by atoms with Crippen molar-refractivity contribution in [1.29, 1.82) is 0 Å². The molecule has 3 aromatic carbocycles. The van der Waals surface area contributed by atoms with Gasteiger partial charge in [0.05, 0.1) is 11.3 Å². The Hall–Kier alpha value is -4.37. The van der Waals surface area contributed by atoms with Gasteiger partial charge in [-0.1, -0.05) is 36.4 Å². The zero-order valence-electron chi connectivity index (χ0n) is 20.1. The van der Waals surface area contributed by atoms with Crippen molar-refractivity contribution in [3.05, 3.63) is 107 Å². The zero-order chi connectivity index (χ0) is 26.2. The van der Waals surface area contributed by atoms with Crippen LogP contribution in [-0.2, 0) is 14.6 Å². The molecule has 0 radical (unpaired) electrons. The van der Waals surface area contributed by atoms with E-state index in [2.05, 4.69) is 10.6 Å². The minimum Gasteiger partial charge on any atom is -0.289 e. The maximum absolute atomic E-state index is 14.2. The number of carbonyl (C=O) groups is 1. The number of carbonyl (C=O) groups excluding carboxylic acids is 1. The van der Waals surface area contributed by atoms with Gasteiger partial charge in [0, 0.05) is 18.4 Å². The van der Waals surface area contributed by atoms with Crippen LogP contribution in [0.5, 0.6) is 0 Å². The second-order valence-corrected chi connectivity index (χ2v) is 10.8. The molecule has 1 amide bonds. The van der Waals surface area contributed by atoms with E-state index in [0.29, 0.717) is 11.1 Å². The van der Waals surface area contributed by atoms with E-state index in [0.717, 1.165) is 34.2 Å². The highest BCUT2D eigenvalue weighted by molar-refractivity contribution is 7.90. The van der Waals surface area contributed by atoms with E-state index in [1.807, 2.05) is 43.3 Å². The number of nitrogens with one attached hydrogen (secondary N) is 1. The van der Waals surface area contributed by atoms with Crippen LogP contribution in [-0.4, -0.2) is 25.9 Å². The molecule has 4 aromatic rings. The van der Waals surface area contributed by atoms with Crippen LogP contribution in [0.1, 0.15) is 30.0 Å². The Balaban J connectivity index is 1.42.